The predicted molar refractivity (Wildman–Crippen MR) is 84.8 cm³/mol. The van der Waals surface area contributed by atoms with E-state index in [4.69, 9.17) is 0 Å². The molecule has 0 radical (unpaired) electrons. The number of pyridine rings is 1. The van der Waals surface area contributed by atoms with Crippen LogP contribution in [0.1, 0.15) is 32.0 Å². The van der Waals surface area contributed by atoms with Crippen LogP contribution in [0.4, 0.5) is 0 Å². The number of H-pyrrole nitrogens is 1. The molecule has 8 nitrogen and oxygen atoms in total. The van der Waals surface area contributed by atoms with E-state index in [2.05, 4.69) is 43.3 Å². The van der Waals surface area contributed by atoms with Crippen LogP contribution in [0.5, 0.6) is 0 Å². The van der Waals surface area contributed by atoms with Crippen LogP contribution in [-0.4, -0.2) is 38.2 Å². The summed E-state index contributed by atoms with van der Waals surface area (Å²) in [5.74, 6) is 1.19. The monoisotopic (exact) mass is 315 g/mol. The van der Waals surface area contributed by atoms with Crippen molar-refractivity contribution in [2.75, 3.05) is 0 Å². The second kappa shape index (κ2) is 7.30. The molecule has 1 fully saturated rings. The van der Waals surface area contributed by atoms with E-state index in [1.54, 1.807) is 12.4 Å². The van der Waals surface area contributed by atoms with Crippen molar-refractivity contribution in [3.05, 3.63) is 30.4 Å². The lowest BCUT2D eigenvalue weighted by Gasteiger charge is -2.09. The van der Waals surface area contributed by atoms with Crippen molar-refractivity contribution in [1.29, 1.82) is 0 Å². The highest BCUT2D eigenvalue weighted by Gasteiger charge is 2.28. The molecule has 2 aromatic heterocycles. The van der Waals surface area contributed by atoms with Gasteiger partial charge in [-0.1, -0.05) is 13.3 Å². The lowest BCUT2D eigenvalue weighted by Crippen LogP contribution is -2.43. The Labute approximate surface area is 134 Å². The highest BCUT2D eigenvalue weighted by Crippen LogP contribution is 2.13. The quantitative estimate of drug-likeness (QED) is 0.619. The largest absolute Gasteiger partial charge is 0.347 e. The van der Waals surface area contributed by atoms with E-state index in [0.29, 0.717) is 24.2 Å². The minimum atomic E-state index is -0.200. The Balaban J connectivity index is 1.51. The van der Waals surface area contributed by atoms with Gasteiger partial charge in [0, 0.05) is 24.0 Å². The van der Waals surface area contributed by atoms with Crippen LogP contribution in [0, 0.1) is 0 Å². The third kappa shape index (κ3) is 3.91. The third-order valence-electron chi connectivity index (χ3n) is 3.84. The van der Waals surface area contributed by atoms with Crippen LogP contribution in [0.25, 0.3) is 11.4 Å². The van der Waals surface area contributed by atoms with Crippen LogP contribution in [-0.2, 0) is 11.3 Å². The van der Waals surface area contributed by atoms with Gasteiger partial charge in [-0.25, -0.2) is 10.4 Å². The third-order valence-corrected chi connectivity index (χ3v) is 3.84. The number of amides is 1. The van der Waals surface area contributed by atoms with Crippen LogP contribution in [0.15, 0.2) is 24.5 Å². The smallest absolute Gasteiger partial charge is 0.238 e. The maximum absolute atomic E-state index is 12.2. The fourth-order valence-electron chi connectivity index (χ4n) is 2.63. The molecule has 4 N–H and O–H groups in total. The molecule has 0 aliphatic carbocycles. The molecule has 0 aromatic carbocycles. The van der Waals surface area contributed by atoms with Gasteiger partial charge in [-0.15, -0.1) is 0 Å². The summed E-state index contributed by atoms with van der Waals surface area (Å²) in [6, 6.07) is 3.84. The van der Waals surface area contributed by atoms with Gasteiger partial charge in [0.2, 0.25) is 5.91 Å². The number of carbonyl (C=O) groups is 1. The zero-order valence-corrected chi connectivity index (χ0v) is 13.0. The highest BCUT2D eigenvalue weighted by molar-refractivity contribution is 5.81. The number of carbonyl (C=O) groups excluding carboxylic acids is 1. The summed E-state index contributed by atoms with van der Waals surface area (Å²) >= 11 is 0. The minimum absolute atomic E-state index is 0.0297. The average Bonchev–Trinajstić information content (AvgIpc) is 3.23. The Hall–Kier alpha value is -2.32. The van der Waals surface area contributed by atoms with Gasteiger partial charge in [0.25, 0.3) is 0 Å². The summed E-state index contributed by atoms with van der Waals surface area (Å²) in [7, 11) is 0. The number of hydrogen-bond acceptors (Lipinski definition) is 6. The zero-order chi connectivity index (χ0) is 16.1. The number of hydrogen-bond donors (Lipinski definition) is 4. The zero-order valence-electron chi connectivity index (χ0n) is 13.0. The standard InChI is InChI=1S/C15H21N7O/c1-2-3-11-8-12(20-19-11)15(23)17-9-13-18-14(22-21-13)10-4-6-16-7-5-10/h4-7,11-12,19-20H,2-3,8-9H2,1H3,(H,17,23)(H,18,21,22). The molecule has 1 saturated heterocycles. The maximum Gasteiger partial charge on any atom is 0.238 e. The molecular formula is C15H21N7O. The average molecular weight is 315 g/mol. The molecule has 0 bridgehead atoms. The van der Waals surface area contributed by atoms with Crippen LogP contribution in [0.3, 0.4) is 0 Å². The van der Waals surface area contributed by atoms with Crippen molar-refractivity contribution in [3.8, 4) is 11.4 Å². The molecular weight excluding hydrogens is 294 g/mol. The molecule has 1 amide bonds. The Morgan fingerprint density at radius 3 is 2.96 bits per heavy atom. The SMILES string of the molecule is CCCC1CC(C(=O)NCc2nc(-c3ccncc3)n[nH]2)NN1. The van der Waals surface area contributed by atoms with Crippen molar-refractivity contribution >= 4 is 5.91 Å². The number of aromatic amines is 1. The van der Waals surface area contributed by atoms with E-state index in [1.807, 2.05) is 12.1 Å². The van der Waals surface area contributed by atoms with Crippen LogP contribution < -0.4 is 16.2 Å². The Bertz CT molecular complexity index is 642. The Morgan fingerprint density at radius 1 is 1.35 bits per heavy atom. The van der Waals surface area contributed by atoms with Gasteiger partial charge in [0.1, 0.15) is 11.9 Å². The lowest BCUT2D eigenvalue weighted by atomic mass is 10.1. The van der Waals surface area contributed by atoms with Gasteiger partial charge in [0.05, 0.1) is 6.54 Å². The Morgan fingerprint density at radius 2 is 2.17 bits per heavy atom. The van der Waals surface area contributed by atoms with Gasteiger partial charge in [-0.3, -0.25) is 20.3 Å². The molecule has 3 rings (SSSR count). The van der Waals surface area contributed by atoms with E-state index in [1.165, 1.54) is 0 Å². The molecule has 1 aliphatic rings. The second-order valence-corrected chi connectivity index (χ2v) is 5.62. The van der Waals surface area contributed by atoms with Crippen LogP contribution >= 0.6 is 0 Å². The Kier molecular flexibility index (Phi) is 4.94. The van der Waals surface area contributed by atoms with Gasteiger partial charge >= 0.3 is 0 Å². The predicted octanol–water partition coefficient (Wildman–Crippen LogP) is 0.518. The van der Waals surface area contributed by atoms with E-state index in [-0.39, 0.29) is 11.9 Å². The summed E-state index contributed by atoms with van der Waals surface area (Å²) in [4.78, 5) is 20.5. The van der Waals surface area contributed by atoms with E-state index in [0.717, 1.165) is 24.8 Å². The van der Waals surface area contributed by atoms with E-state index in [9.17, 15) is 4.79 Å². The number of nitrogens with one attached hydrogen (secondary N) is 4. The second-order valence-electron chi connectivity index (χ2n) is 5.62. The normalized spacial score (nSPS) is 20.6. The number of hydrazine groups is 1. The van der Waals surface area contributed by atoms with Crippen molar-refractivity contribution in [3.63, 3.8) is 0 Å². The van der Waals surface area contributed by atoms with Crippen molar-refractivity contribution < 1.29 is 4.79 Å². The van der Waals surface area contributed by atoms with Crippen molar-refractivity contribution in [2.45, 2.75) is 44.8 Å². The molecule has 2 aromatic rings. The van der Waals surface area contributed by atoms with Crippen molar-refractivity contribution in [1.82, 2.24) is 36.3 Å². The summed E-state index contributed by atoms with van der Waals surface area (Å²) < 4.78 is 0. The van der Waals surface area contributed by atoms with Gasteiger partial charge in [0.15, 0.2) is 5.82 Å². The molecule has 0 spiro atoms. The number of nitrogens with zero attached hydrogens (tertiary/aromatic N) is 3. The molecule has 23 heavy (non-hydrogen) atoms. The van der Waals surface area contributed by atoms with Crippen LogP contribution in [0.2, 0.25) is 0 Å². The molecule has 3 heterocycles. The fraction of sp³-hybridized carbons (Fsp3) is 0.467. The summed E-state index contributed by atoms with van der Waals surface area (Å²) in [6.07, 6.45) is 6.35. The first-order valence-electron chi connectivity index (χ1n) is 7.86. The van der Waals surface area contributed by atoms with Gasteiger partial charge < -0.3 is 5.32 Å². The molecule has 8 heteroatoms. The highest BCUT2D eigenvalue weighted by atomic mass is 16.2. The number of aromatic nitrogens is 4. The molecule has 0 saturated carbocycles. The summed E-state index contributed by atoms with van der Waals surface area (Å²) in [6.45, 7) is 2.47. The molecule has 1 aliphatic heterocycles. The lowest BCUT2D eigenvalue weighted by molar-refractivity contribution is -0.123. The van der Waals surface area contributed by atoms with E-state index < -0.39 is 0 Å². The summed E-state index contributed by atoms with van der Waals surface area (Å²) in [5, 5.41) is 9.88. The van der Waals surface area contributed by atoms with Gasteiger partial charge in [-0.2, -0.15) is 5.10 Å². The van der Waals surface area contributed by atoms with E-state index >= 15 is 0 Å². The molecule has 2 unspecified atom stereocenters. The van der Waals surface area contributed by atoms with Crippen molar-refractivity contribution in [2.24, 2.45) is 0 Å². The topological polar surface area (TPSA) is 108 Å². The summed E-state index contributed by atoms with van der Waals surface area (Å²) in [5.41, 5.74) is 7.09. The first-order chi connectivity index (χ1) is 11.3. The minimum Gasteiger partial charge on any atom is -0.347 e. The maximum atomic E-state index is 12.2. The fourth-order valence-corrected chi connectivity index (χ4v) is 2.63. The number of rotatable bonds is 6. The first kappa shape index (κ1) is 15.6. The van der Waals surface area contributed by atoms with Gasteiger partial charge in [-0.05, 0) is 25.0 Å². The first-order valence-corrected chi connectivity index (χ1v) is 7.86. The molecule has 2 atom stereocenters. The molecule has 122 valence electrons.